The van der Waals surface area contributed by atoms with Crippen LogP contribution in [0.2, 0.25) is 0 Å². The minimum Gasteiger partial charge on any atom is -0.396 e. The molecule has 0 bridgehead atoms. The van der Waals surface area contributed by atoms with Crippen LogP contribution in [0, 0.1) is 5.82 Å². The molecule has 0 aromatic heterocycles. The van der Waals surface area contributed by atoms with Gasteiger partial charge < -0.3 is 11.1 Å². The van der Waals surface area contributed by atoms with Gasteiger partial charge in [-0.25, -0.2) is 12.8 Å². The molecule has 4 nitrogen and oxygen atoms in total. The van der Waals surface area contributed by atoms with Gasteiger partial charge in [0.2, 0.25) is 0 Å². The van der Waals surface area contributed by atoms with Gasteiger partial charge >= 0.3 is 0 Å². The van der Waals surface area contributed by atoms with E-state index in [2.05, 4.69) is 5.32 Å². The van der Waals surface area contributed by atoms with Crippen LogP contribution in [0.5, 0.6) is 0 Å². The van der Waals surface area contributed by atoms with Crippen LogP contribution in [-0.2, 0) is 16.4 Å². The van der Waals surface area contributed by atoms with Crippen molar-refractivity contribution < 1.29 is 12.8 Å². The minimum atomic E-state index is -3.39. The van der Waals surface area contributed by atoms with Gasteiger partial charge in [-0.1, -0.05) is 24.3 Å². The Morgan fingerprint density at radius 3 is 2.50 bits per heavy atom. The summed E-state index contributed by atoms with van der Waals surface area (Å²) in [5, 5.41) is 2.95. The summed E-state index contributed by atoms with van der Waals surface area (Å²) in [6.45, 7) is 0.226. The summed E-state index contributed by atoms with van der Waals surface area (Å²) in [5.41, 5.74) is 6.93. The average molecular weight is 294 g/mol. The summed E-state index contributed by atoms with van der Waals surface area (Å²) < 4.78 is 36.6. The molecule has 0 radical (unpaired) electrons. The number of anilines is 2. The van der Waals surface area contributed by atoms with Gasteiger partial charge in [-0.3, -0.25) is 0 Å². The SMILES string of the molecule is CS(=O)(=O)c1cccc(NCc2ccccc2F)c1N. The summed E-state index contributed by atoms with van der Waals surface area (Å²) in [5.74, 6) is -0.321. The van der Waals surface area contributed by atoms with E-state index in [1.54, 1.807) is 30.3 Å². The summed E-state index contributed by atoms with van der Waals surface area (Å²) in [6.07, 6.45) is 1.10. The number of nitrogens with one attached hydrogen (secondary N) is 1. The molecule has 2 rings (SSSR count). The van der Waals surface area contributed by atoms with E-state index in [1.807, 2.05) is 0 Å². The van der Waals surface area contributed by atoms with Gasteiger partial charge in [0.1, 0.15) is 5.82 Å². The Kier molecular flexibility index (Phi) is 3.94. The highest BCUT2D eigenvalue weighted by molar-refractivity contribution is 7.90. The second kappa shape index (κ2) is 5.50. The van der Waals surface area contributed by atoms with Crippen molar-refractivity contribution in [2.24, 2.45) is 0 Å². The number of para-hydroxylation sites is 1. The average Bonchev–Trinajstić information content (AvgIpc) is 2.38. The Hall–Kier alpha value is -2.08. The summed E-state index contributed by atoms with van der Waals surface area (Å²) >= 11 is 0. The summed E-state index contributed by atoms with van der Waals surface area (Å²) in [7, 11) is -3.39. The van der Waals surface area contributed by atoms with Crippen molar-refractivity contribution in [3.8, 4) is 0 Å². The molecular formula is C14H15FN2O2S. The predicted octanol–water partition coefficient (Wildman–Crippen LogP) is 2.42. The normalized spacial score (nSPS) is 11.3. The van der Waals surface area contributed by atoms with Crippen molar-refractivity contribution in [2.45, 2.75) is 11.4 Å². The van der Waals surface area contributed by atoms with Crippen molar-refractivity contribution in [3.63, 3.8) is 0 Å². The highest BCUT2D eigenvalue weighted by atomic mass is 32.2. The number of hydrogen-bond acceptors (Lipinski definition) is 4. The fourth-order valence-electron chi connectivity index (χ4n) is 1.85. The number of sulfone groups is 1. The predicted molar refractivity (Wildman–Crippen MR) is 77.7 cm³/mol. The maximum Gasteiger partial charge on any atom is 0.177 e. The molecule has 0 amide bonds. The molecule has 6 heteroatoms. The van der Waals surface area contributed by atoms with Crippen LogP contribution in [0.4, 0.5) is 15.8 Å². The molecular weight excluding hydrogens is 279 g/mol. The smallest absolute Gasteiger partial charge is 0.177 e. The Balaban J connectivity index is 2.25. The number of nitrogens with two attached hydrogens (primary N) is 1. The van der Waals surface area contributed by atoms with Gasteiger partial charge in [-0.05, 0) is 18.2 Å². The first-order chi connectivity index (χ1) is 9.39. The number of benzene rings is 2. The fourth-order valence-corrected chi connectivity index (χ4v) is 2.69. The second-order valence-corrected chi connectivity index (χ2v) is 6.42. The van der Waals surface area contributed by atoms with Gasteiger partial charge in [0, 0.05) is 18.4 Å². The van der Waals surface area contributed by atoms with E-state index in [1.165, 1.54) is 12.1 Å². The Morgan fingerprint density at radius 2 is 1.85 bits per heavy atom. The van der Waals surface area contributed by atoms with Gasteiger partial charge in [0.25, 0.3) is 0 Å². The van der Waals surface area contributed by atoms with Crippen molar-refractivity contribution in [2.75, 3.05) is 17.3 Å². The van der Waals surface area contributed by atoms with E-state index in [0.29, 0.717) is 11.3 Å². The standard InChI is InChI=1S/C14H15FN2O2S/c1-20(18,19)13-8-4-7-12(14(13)16)17-9-10-5-2-3-6-11(10)15/h2-8,17H,9,16H2,1H3. The van der Waals surface area contributed by atoms with E-state index in [-0.39, 0.29) is 22.9 Å². The third kappa shape index (κ3) is 3.08. The van der Waals surface area contributed by atoms with E-state index >= 15 is 0 Å². The van der Waals surface area contributed by atoms with E-state index in [0.717, 1.165) is 6.26 Å². The van der Waals surface area contributed by atoms with Gasteiger partial charge in [0.05, 0.1) is 16.3 Å². The third-order valence-electron chi connectivity index (χ3n) is 2.89. The summed E-state index contributed by atoms with van der Waals surface area (Å²) in [4.78, 5) is 0.0658. The van der Waals surface area contributed by atoms with Crippen LogP contribution >= 0.6 is 0 Å². The number of hydrogen-bond donors (Lipinski definition) is 2. The molecule has 0 aliphatic heterocycles. The van der Waals surface area contributed by atoms with Crippen LogP contribution in [0.1, 0.15) is 5.56 Å². The molecule has 0 saturated carbocycles. The molecule has 0 aliphatic rings. The Bertz CT molecular complexity index is 730. The quantitative estimate of drug-likeness (QED) is 0.849. The number of halogens is 1. The lowest BCUT2D eigenvalue weighted by atomic mass is 10.2. The maximum atomic E-state index is 13.5. The van der Waals surface area contributed by atoms with Crippen LogP contribution < -0.4 is 11.1 Å². The molecule has 0 fully saturated rings. The third-order valence-corrected chi connectivity index (χ3v) is 4.05. The molecule has 0 heterocycles. The lowest BCUT2D eigenvalue weighted by Crippen LogP contribution is -2.08. The first-order valence-corrected chi connectivity index (χ1v) is 7.84. The first-order valence-electron chi connectivity index (χ1n) is 5.95. The highest BCUT2D eigenvalue weighted by Crippen LogP contribution is 2.27. The van der Waals surface area contributed by atoms with Gasteiger partial charge in [0.15, 0.2) is 9.84 Å². The number of nitrogen functional groups attached to an aromatic ring is 1. The maximum absolute atomic E-state index is 13.5. The Labute approximate surface area is 117 Å². The zero-order valence-corrected chi connectivity index (χ0v) is 11.7. The molecule has 0 aliphatic carbocycles. The summed E-state index contributed by atoms with van der Waals surface area (Å²) in [6, 6.07) is 11.1. The fraction of sp³-hybridized carbons (Fsp3) is 0.143. The molecule has 2 aromatic carbocycles. The molecule has 0 saturated heterocycles. The molecule has 0 atom stereocenters. The molecule has 3 N–H and O–H groups in total. The van der Waals surface area contributed by atoms with E-state index in [4.69, 9.17) is 5.73 Å². The van der Waals surface area contributed by atoms with Crippen LogP contribution in [0.25, 0.3) is 0 Å². The lowest BCUT2D eigenvalue weighted by Gasteiger charge is -2.12. The molecule has 106 valence electrons. The second-order valence-electron chi connectivity index (χ2n) is 4.43. The van der Waals surface area contributed by atoms with Crippen molar-refractivity contribution in [1.82, 2.24) is 0 Å². The molecule has 2 aromatic rings. The van der Waals surface area contributed by atoms with Crippen LogP contribution in [-0.4, -0.2) is 14.7 Å². The van der Waals surface area contributed by atoms with Crippen molar-refractivity contribution in [3.05, 3.63) is 53.8 Å². The topological polar surface area (TPSA) is 72.2 Å². The van der Waals surface area contributed by atoms with Gasteiger partial charge in [-0.2, -0.15) is 0 Å². The zero-order valence-electron chi connectivity index (χ0n) is 10.9. The zero-order chi connectivity index (χ0) is 14.8. The first kappa shape index (κ1) is 14.3. The van der Waals surface area contributed by atoms with Crippen LogP contribution in [0.15, 0.2) is 47.4 Å². The van der Waals surface area contributed by atoms with Crippen molar-refractivity contribution in [1.29, 1.82) is 0 Å². The van der Waals surface area contributed by atoms with E-state index in [9.17, 15) is 12.8 Å². The largest absolute Gasteiger partial charge is 0.396 e. The van der Waals surface area contributed by atoms with Gasteiger partial charge in [-0.15, -0.1) is 0 Å². The number of rotatable bonds is 4. The minimum absolute atomic E-state index is 0.0658. The highest BCUT2D eigenvalue weighted by Gasteiger charge is 2.14. The molecule has 0 unspecified atom stereocenters. The van der Waals surface area contributed by atoms with Crippen molar-refractivity contribution >= 4 is 21.2 Å². The van der Waals surface area contributed by atoms with Crippen LogP contribution in [0.3, 0.4) is 0 Å². The monoisotopic (exact) mass is 294 g/mol. The molecule has 0 spiro atoms. The Morgan fingerprint density at radius 1 is 1.15 bits per heavy atom. The molecule has 20 heavy (non-hydrogen) atoms. The van der Waals surface area contributed by atoms with E-state index < -0.39 is 9.84 Å². The lowest BCUT2D eigenvalue weighted by molar-refractivity contribution is 0.602.